The van der Waals surface area contributed by atoms with E-state index in [4.69, 9.17) is 18.5 Å². The van der Waals surface area contributed by atoms with Crippen molar-refractivity contribution in [3.05, 3.63) is 109 Å². The Balaban J connectivity index is 4.63. The predicted octanol–water partition coefficient (Wildman–Crippen LogP) is 12.3. The zero-order valence-corrected chi connectivity index (χ0v) is 39.2. The Morgan fingerprint density at radius 1 is 0.574 bits per heavy atom. The number of ether oxygens (including phenoxy) is 2. The number of hydrogen-bond acceptors (Lipinski definition) is 8. The van der Waals surface area contributed by atoms with E-state index in [-0.39, 0.29) is 44.7 Å². The Hall–Kier alpha value is -3.66. The zero-order chi connectivity index (χ0) is 45.1. The number of unbranched alkanes of at least 4 members (excludes halogenated alkanes) is 6. The van der Waals surface area contributed by atoms with Gasteiger partial charge in [-0.1, -0.05) is 136 Å². The molecule has 61 heavy (non-hydrogen) atoms. The third kappa shape index (κ3) is 44.2. The van der Waals surface area contributed by atoms with Crippen molar-refractivity contribution < 1.29 is 46.8 Å². The van der Waals surface area contributed by atoms with E-state index in [0.717, 1.165) is 70.6 Å². The van der Waals surface area contributed by atoms with Crippen LogP contribution < -0.4 is 0 Å². The monoisotopic (exact) mass is 871 g/mol. The summed E-state index contributed by atoms with van der Waals surface area (Å²) in [5.41, 5.74) is 0. The number of carbonyl (C=O) groups is 3. The highest BCUT2D eigenvalue weighted by Crippen LogP contribution is 2.43. The second-order valence-corrected chi connectivity index (χ2v) is 17.2. The van der Waals surface area contributed by atoms with Gasteiger partial charge in [-0.3, -0.25) is 23.4 Å². The first kappa shape index (κ1) is 57.3. The zero-order valence-electron chi connectivity index (χ0n) is 38.3. The maximum atomic E-state index is 12.7. The van der Waals surface area contributed by atoms with Gasteiger partial charge in [0, 0.05) is 19.3 Å². The fourth-order valence-corrected chi connectivity index (χ4v) is 5.97. The number of allylic oxidation sites excluding steroid dienone is 18. The third-order valence-corrected chi connectivity index (χ3v) is 9.75. The summed E-state index contributed by atoms with van der Waals surface area (Å²) in [6, 6.07) is 0. The fourth-order valence-electron chi connectivity index (χ4n) is 5.23. The maximum absolute atomic E-state index is 12.7. The van der Waals surface area contributed by atoms with Gasteiger partial charge in [-0.25, -0.2) is 4.57 Å². The van der Waals surface area contributed by atoms with E-state index in [1.165, 1.54) is 25.3 Å². The van der Waals surface area contributed by atoms with Crippen molar-refractivity contribution in [2.24, 2.45) is 0 Å². The van der Waals surface area contributed by atoms with Crippen LogP contribution in [0.3, 0.4) is 0 Å². The Morgan fingerprint density at radius 2 is 1.10 bits per heavy atom. The van der Waals surface area contributed by atoms with Gasteiger partial charge in [0.1, 0.15) is 19.8 Å². The number of ketones is 1. The summed E-state index contributed by atoms with van der Waals surface area (Å²) >= 11 is 0. The normalized spacial score (nSPS) is 14.5. The number of esters is 2. The molecule has 1 N–H and O–H groups in total. The molecule has 0 fully saturated rings. The molecule has 0 aliphatic carbocycles. The lowest BCUT2D eigenvalue weighted by atomic mass is 10.1. The van der Waals surface area contributed by atoms with Crippen molar-refractivity contribution in [3.8, 4) is 0 Å². The maximum Gasteiger partial charge on any atom is 0.472 e. The van der Waals surface area contributed by atoms with Crippen LogP contribution in [0.15, 0.2) is 109 Å². The lowest BCUT2D eigenvalue weighted by Gasteiger charge is -2.24. The van der Waals surface area contributed by atoms with Gasteiger partial charge in [-0.15, -0.1) is 0 Å². The van der Waals surface area contributed by atoms with Crippen LogP contribution in [0.4, 0.5) is 0 Å². The summed E-state index contributed by atoms with van der Waals surface area (Å²) in [5, 5.41) is 0. The van der Waals surface area contributed by atoms with Crippen LogP contribution in [0.1, 0.15) is 136 Å². The average Bonchev–Trinajstić information content (AvgIpc) is 3.21. The third-order valence-electron chi connectivity index (χ3n) is 8.76. The highest BCUT2D eigenvalue weighted by molar-refractivity contribution is 7.47. The molecule has 0 amide bonds. The Bertz CT molecular complexity index is 1460. The van der Waals surface area contributed by atoms with Gasteiger partial charge < -0.3 is 18.9 Å². The number of quaternary nitrogens is 1. The van der Waals surface area contributed by atoms with Crippen molar-refractivity contribution in [1.29, 1.82) is 0 Å². The minimum absolute atomic E-state index is 0.0145. The molecule has 1 unspecified atom stereocenters. The van der Waals surface area contributed by atoms with Crippen molar-refractivity contribution >= 4 is 25.5 Å². The predicted molar refractivity (Wildman–Crippen MR) is 252 cm³/mol. The van der Waals surface area contributed by atoms with Gasteiger partial charge in [0.25, 0.3) is 0 Å². The van der Waals surface area contributed by atoms with Crippen molar-refractivity contribution in [2.75, 3.05) is 47.5 Å². The molecule has 0 aromatic heterocycles. The molecule has 0 radical (unpaired) electrons. The summed E-state index contributed by atoms with van der Waals surface area (Å²) in [6.45, 7) is 3.93. The van der Waals surface area contributed by atoms with E-state index >= 15 is 0 Å². The SMILES string of the molecule is CC/C=C\C/C=C\C/C=C\C/C=C\C/C=C\CCCCCC(=O)O[C@H](COC(=O)CCCC(=O)/C=C/C=C\C/C=C\C/C=C\CCCCC)COP(=O)(O)OCC[N+](C)(C)C. The van der Waals surface area contributed by atoms with Gasteiger partial charge in [0.15, 0.2) is 11.9 Å². The quantitative estimate of drug-likeness (QED) is 0.0122. The number of carbonyl (C=O) groups excluding carboxylic acids is 3. The molecule has 0 aliphatic heterocycles. The number of nitrogens with zero attached hydrogens (tertiary/aromatic N) is 1. The van der Waals surface area contributed by atoms with E-state index in [9.17, 15) is 23.8 Å². The highest BCUT2D eigenvalue weighted by Gasteiger charge is 2.27. The summed E-state index contributed by atoms with van der Waals surface area (Å²) < 4.78 is 34.0. The summed E-state index contributed by atoms with van der Waals surface area (Å²) in [6.07, 6.45) is 51.4. The molecule has 0 rings (SSSR count). The standard InChI is InChI=1S/C50H80NO9P/c1-6-8-10-12-14-16-18-20-21-22-23-24-25-27-29-31-33-35-37-41-50(54)60-48(46-59-61(55,56)58-44-43-51(3,4)5)45-57-49(53)42-38-40-47(52)39-36-34-32-30-28-26-19-17-15-13-11-9-7-2/h8,10,14-17,20-21,23-24,26-29,32,34,36,39,48H,6-7,9,11-13,18-19,22,25,30-31,33,35,37-38,40-46H2,1-5H3/p+1/b10-8-,16-14-,17-15-,21-20-,24-23-,28-26-,29-27-,34-32-,39-36+/t48-/m1/s1. The van der Waals surface area contributed by atoms with Crippen molar-refractivity contribution in [3.63, 3.8) is 0 Å². The minimum atomic E-state index is -4.45. The lowest BCUT2D eigenvalue weighted by molar-refractivity contribution is -0.870. The molecular formula is C50H81NO9P+. The van der Waals surface area contributed by atoms with E-state index < -0.39 is 32.5 Å². The Morgan fingerprint density at radius 3 is 1.66 bits per heavy atom. The van der Waals surface area contributed by atoms with Crippen LogP contribution in [-0.2, 0) is 37.5 Å². The van der Waals surface area contributed by atoms with Crippen LogP contribution in [0, 0.1) is 0 Å². The largest absolute Gasteiger partial charge is 0.472 e. The fraction of sp³-hybridized carbons (Fsp3) is 0.580. The molecule has 0 aromatic carbocycles. The first-order valence-corrected chi connectivity index (χ1v) is 24.1. The van der Waals surface area contributed by atoms with Crippen LogP contribution in [0.2, 0.25) is 0 Å². The summed E-state index contributed by atoms with van der Waals surface area (Å²) in [4.78, 5) is 47.6. The molecule has 10 nitrogen and oxygen atoms in total. The number of likely N-dealkylation sites (N-methyl/N-ethyl adjacent to an activating group) is 1. The second-order valence-electron chi connectivity index (χ2n) is 15.7. The van der Waals surface area contributed by atoms with Gasteiger partial charge in [-0.05, 0) is 89.5 Å². The van der Waals surface area contributed by atoms with E-state index in [0.29, 0.717) is 17.4 Å². The van der Waals surface area contributed by atoms with Gasteiger partial charge >= 0.3 is 19.8 Å². The van der Waals surface area contributed by atoms with E-state index in [1.807, 2.05) is 33.3 Å². The first-order chi connectivity index (χ1) is 29.4. The van der Waals surface area contributed by atoms with Crippen LogP contribution in [0.25, 0.3) is 0 Å². The smallest absolute Gasteiger partial charge is 0.462 e. The minimum Gasteiger partial charge on any atom is -0.462 e. The van der Waals surface area contributed by atoms with Crippen molar-refractivity contribution in [2.45, 2.75) is 142 Å². The van der Waals surface area contributed by atoms with Crippen LogP contribution in [0.5, 0.6) is 0 Å². The molecule has 0 bridgehead atoms. The number of rotatable bonds is 39. The second kappa shape index (κ2) is 40.4. The van der Waals surface area contributed by atoms with Gasteiger partial charge in [0.05, 0.1) is 27.7 Å². The molecule has 0 saturated carbocycles. The summed E-state index contributed by atoms with van der Waals surface area (Å²) in [7, 11) is 1.31. The van der Waals surface area contributed by atoms with Gasteiger partial charge in [-0.2, -0.15) is 0 Å². The molecule has 2 atom stereocenters. The number of hydrogen-bond donors (Lipinski definition) is 1. The average molecular weight is 871 g/mol. The molecule has 11 heteroatoms. The Labute approximate surface area is 370 Å². The molecular weight excluding hydrogens is 790 g/mol. The lowest BCUT2D eigenvalue weighted by Crippen LogP contribution is -2.37. The highest BCUT2D eigenvalue weighted by atomic mass is 31.2. The molecule has 344 valence electrons. The van der Waals surface area contributed by atoms with E-state index in [1.54, 1.807) is 6.08 Å². The topological polar surface area (TPSA) is 125 Å². The Kier molecular flexibility index (Phi) is 38.0. The van der Waals surface area contributed by atoms with Crippen molar-refractivity contribution in [1.82, 2.24) is 0 Å². The first-order valence-electron chi connectivity index (χ1n) is 22.6. The summed E-state index contributed by atoms with van der Waals surface area (Å²) in [5.74, 6) is -1.21. The van der Waals surface area contributed by atoms with Crippen LogP contribution in [-0.4, -0.2) is 80.7 Å². The van der Waals surface area contributed by atoms with E-state index in [2.05, 4.69) is 98.9 Å². The molecule has 0 aliphatic rings. The molecule has 0 saturated heterocycles. The molecule has 0 heterocycles. The molecule has 0 spiro atoms. The van der Waals surface area contributed by atoms with Gasteiger partial charge in [0.2, 0.25) is 0 Å². The number of phosphoric ester groups is 1. The number of phosphoric acid groups is 1. The molecule has 0 aromatic rings. The van der Waals surface area contributed by atoms with Crippen LogP contribution >= 0.6 is 7.82 Å².